The van der Waals surface area contributed by atoms with Gasteiger partial charge in [-0.1, -0.05) is 30.2 Å². The number of amides is 1. The van der Waals surface area contributed by atoms with E-state index in [2.05, 4.69) is 17.0 Å². The van der Waals surface area contributed by atoms with Crippen molar-refractivity contribution in [3.8, 4) is 0 Å². The number of carbonyl (C=O) groups excluding carboxylic acids is 1. The molecule has 2 saturated carbocycles. The fraction of sp³-hybridized carbons (Fsp3) is 0.632. The molecule has 0 spiro atoms. The van der Waals surface area contributed by atoms with Crippen LogP contribution in [-0.4, -0.2) is 29.9 Å². The quantitative estimate of drug-likeness (QED) is 0.820. The van der Waals surface area contributed by atoms with E-state index < -0.39 is 0 Å². The molecule has 1 amide bonds. The summed E-state index contributed by atoms with van der Waals surface area (Å²) in [4.78, 5) is 15.0. The van der Waals surface area contributed by atoms with Crippen LogP contribution in [0.2, 0.25) is 5.02 Å². The number of nitrogens with zero attached hydrogens (tertiary/aromatic N) is 1. The molecular formula is C19H28Cl2N2O. The van der Waals surface area contributed by atoms with Gasteiger partial charge in [0.2, 0.25) is 5.91 Å². The molecule has 3 rings (SSSR count). The van der Waals surface area contributed by atoms with Crippen molar-refractivity contribution in [2.24, 2.45) is 17.6 Å². The van der Waals surface area contributed by atoms with Gasteiger partial charge in [0.25, 0.3) is 0 Å². The number of nitrogens with two attached hydrogens (primary N) is 1. The third-order valence-corrected chi connectivity index (χ3v) is 5.39. The van der Waals surface area contributed by atoms with Gasteiger partial charge >= 0.3 is 0 Å². The van der Waals surface area contributed by atoms with Crippen LogP contribution >= 0.6 is 24.0 Å². The summed E-state index contributed by atoms with van der Waals surface area (Å²) in [6, 6.07) is 8.16. The molecule has 0 aliphatic heterocycles. The van der Waals surface area contributed by atoms with Crippen LogP contribution in [0.4, 0.5) is 0 Å². The lowest BCUT2D eigenvalue weighted by Crippen LogP contribution is -2.42. The van der Waals surface area contributed by atoms with Crippen molar-refractivity contribution in [1.29, 1.82) is 0 Å². The molecular weight excluding hydrogens is 343 g/mol. The van der Waals surface area contributed by atoms with Crippen LogP contribution in [0.3, 0.4) is 0 Å². The van der Waals surface area contributed by atoms with E-state index in [1.54, 1.807) is 0 Å². The monoisotopic (exact) mass is 370 g/mol. The van der Waals surface area contributed by atoms with E-state index in [1.807, 2.05) is 12.1 Å². The highest BCUT2D eigenvalue weighted by Crippen LogP contribution is 2.32. The van der Waals surface area contributed by atoms with Gasteiger partial charge in [-0.2, -0.15) is 0 Å². The zero-order chi connectivity index (χ0) is 16.2. The first-order valence-electron chi connectivity index (χ1n) is 8.90. The maximum absolute atomic E-state index is 12.9. The van der Waals surface area contributed by atoms with Gasteiger partial charge in [-0.05, 0) is 62.1 Å². The van der Waals surface area contributed by atoms with E-state index in [1.165, 1.54) is 18.4 Å². The molecule has 2 atom stereocenters. The van der Waals surface area contributed by atoms with Crippen molar-refractivity contribution in [1.82, 2.24) is 4.90 Å². The number of rotatable bonds is 6. The van der Waals surface area contributed by atoms with Gasteiger partial charge in [0, 0.05) is 30.1 Å². The lowest BCUT2D eigenvalue weighted by atomic mass is 9.85. The maximum atomic E-state index is 12.9. The predicted octanol–water partition coefficient (Wildman–Crippen LogP) is 4.06. The van der Waals surface area contributed by atoms with Crippen LogP contribution in [0.15, 0.2) is 24.3 Å². The maximum Gasteiger partial charge on any atom is 0.225 e. The Morgan fingerprint density at radius 1 is 1.17 bits per heavy atom. The lowest BCUT2D eigenvalue weighted by molar-refractivity contribution is -0.137. The lowest BCUT2D eigenvalue weighted by Gasteiger charge is -2.31. The van der Waals surface area contributed by atoms with Crippen LogP contribution < -0.4 is 5.73 Å². The van der Waals surface area contributed by atoms with Crippen LogP contribution in [0, 0.1) is 11.8 Å². The van der Waals surface area contributed by atoms with Gasteiger partial charge in [-0.25, -0.2) is 0 Å². The van der Waals surface area contributed by atoms with Crippen molar-refractivity contribution in [2.45, 2.75) is 51.0 Å². The average molecular weight is 371 g/mol. The molecule has 0 saturated heterocycles. The number of benzene rings is 1. The summed E-state index contributed by atoms with van der Waals surface area (Å²) in [6.45, 7) is 1.74. The summed E-state index contributed by atoms with van der Waals surface area (Å²) in [7, 11) is 0. The summed E-state index contributed by atoms with van der Waals surface area (Å²) in [5.74, 6) is 1.20. The number of carbonyl (C=O) groups is 1. The molecule has 2 aliphatic carbocycles. The highest BCUT2D eigenvalue weighted by Gasteiger charge is 2.32. The molecule has 24 heavy (non-hydrogen) atoms. The summed E-state index contributed by atoms with van der Waals surface area (Å²) >= 11 is 5.94. The fourth-order valence-electron chi connectivity index (χ4n) is 3.53. The van der Waals surface area contributed by atoms with Gasteiger partial charge in [-0.3, -0.25) is 4.79 Å². The second kappa shape index (κ2) is 9.07. The summed E-state index contributed by atoms with van der Waals surface area (Å²) < 4.78 is 0. The Morgan fingerprint density at radius 2 is 1.88 bits per heavy atom. The topological polar surface area (TPSA) is 46.3 Å². The van der Waals surface area contributed by atoms with E-state index in [4.69, 9.17) is 17.3 Å². The molecule has 2 unspecified atom stereocenters. The molecule has 0 bridgehead atoms. The molecule has 5 heteroatoms. The van der Waals surface area contributed by atoms with Gasteiger partial charge in [-0.15, -0.1) is 12.4 Å². The minimum Gasteiger partial charge on any atom is -0.342 e. The molecule has 1 aromatic carbocycles. The SMILES string of the molecule is Cl.NC1CCCC(C(=O)N(CCc2ccc(Cl)cc2)CC2CC2)C1. The Hall–Kier alpha value is -0.770. The Morgan fingerprint density at radius 3 is 2.50 bits per heavy atom. The summed E-state index contributed by atoms with van der Waals surface area (Å²) in [5, 5.41) is 0.760. The van der Waals surface area contributed by atoms with E-state index in [9.17, 15) is 4.79 Å². The van der Waals surface area contributed by atoms with E-state index in [-0.39, 0.29) is 24.4 Å². The van der Waals surface area contributed by atoms with Crippen molar-refractivity contribution in [3.05, 3.63) is 34.9 Å². The van der Waals surface area contributed by atoms with Gasteiger partial charge in [0.15, 0.2) is 0 Å². The van der Waals surface area contributed by atoms with Gasteiger partial charge in [0.05, 0.1) is 0 Å². The normalized spacial score (nSPS) is 23.4. The molecule has 1 aromatic rings. The second-order valence-corrected chi connectivity index (χ2v) is 7.66. The third-order valence-electron chi connectivity index (χ3n) is 5.13. The number of halogens is 2. The zero-order valence-corrected chi connectivity index (χ0v) is 15.7. The Balaban J connectivity index is 0.00000208. The zero-order valence-electron chi connectivity index (χ0n) is 14.1. The molecule has 0 aromatic heterocycles. The minimum absolute atomic E-state index is 0. The first-order valence-corrected chi connectivity index (χ1v) is 9.28. The smallest absolute Gasteiger partial charge is 0.225 e. The van der Waals surface area contributed by atoms with Crippen molar-refractivity contribution < 1.29 is 4.79 Å². The summed E-state index contributed by atoms with van der Waals surface area (Å²) in [6.07, 6.45) is 7.47. The molecule has 2 aliphatic rings. The van der Waals surface area contributed by atoms with Crippen LogP contribution in [0.1, 0.15) is 44.1 Å². The van der Waals surface area contributed by atoms with Crippen LogP contribution in [0.5, 0.6) is 0 Å². The Labute approximate surface area is 156 Å². The van der Waals surface area contributed by atoms with Crippen molar-refractivity contribution >= 4 is 29.9 Å². The second-order valence-electron chi connectivity index (χ2n) is 7.23. The molecule has 2 N–H and O–H groups in total. The number of hydrogen-bond acceptors (Lipinski definition) is 2. The van der Waals surface area contributed by atoms with Crippen LogP contribution in [-0.2, 0) is 11.2 Å². The molecule has 0 radical (unpaired) electrons. The average Bonchev–Trinajstić information content (AvgIpc) is 3.36. The fourth-order valence-corrected chi connectivity index (χ4v) is 3.65. The van der Waals surface area contributed by atoms with E-state index in [0.29, 0.717) is 5.91 Å². The van der Waals surface area contributed by atoms with Gasteiger partial charge in [0.1, 0.15) is 0 Å². The summed E-state index contributed by atoms with van der Waals surface area (Å²) in [5.41, 5.74) is 7.31. The first kappa shape index (κ1) is 19.6. The molecule has 134 valence electrons. The van der Waals surface area contributed by atoms with Crippen LogP contribution in [0.25, 0.3) is 0 Å². The minimum atomic E-state index is 0. The highest BCUT2D eigenvalue weighted by atomic mass is 35.5. The molecule has 0 heterocycles. The Kier molecular flexibility index (Phi) is 7.39. The van der Waals surface area contributed by atoms with E-state index in [0.717, 1.165) is 56.1 Å². The number of hydrogen-bond donors (Lipinski definition) is 1. The van der Waals surface area contributed by atoms with Crippen molar-refractivity contribution in [3.63, 3.8) is 0 Å². The molecule has 2 fully saturated rings. The standard InChI is InChI=1S/C19H27ClN2O.ClH/c20-17-8-6-14(7-9-17)10-11-22(13-15-4-5-15)19(23)16-2-1-3-18(21)12-16;/h6-9,15-16,18H,1-5,10-13,21H2;1H. The largest absolute Gasteiger partial charge is 0.342 e. The third kappa shape index (κ3) is 5.65. The first-order chi connectivity index (χ1) is 11.1. The van der Waals surface area contributed by atoms with Crippen molar-refractivity contribution in [2.75, 3.05) is 13.1 Å². The predicted molar refractivity (Wildman–Crippen MR) is 102 cm³/mol. The molecule has 3 nitrogen and oxygen atoms in total. The Bertz CT molecular complexity index is 531. The van der Waals surface area contributed by atoms with Gasteiger partial charge < -0.3 is 10.6 Å². The highest BCUT2D eigenvalue weighted by molar-refractivity contribution is 6.30. The van der Waals surface area contributed by atoms with E-state index >= 15 is 0 Å².